The zero-order valence-corrected chi connectivity index (χ0v) is 23.5. The molecule has 36 heavy (non-hydrogen) atoms. The van der Waals surface area contributed by atoms with Crippen molar-refractivity contribution >= 4 is 0 Å². The van der Waals surface area contributed by atoms with E-state index in [1.165, 1.54) is 5.56 Å². The molecule has 0 heterocycles. The van der Waals surface area contributed by atoms with Crippen LogP contribution in [0.15, 0.2) is 54.6 Å². The summed E-state index contributed by atoms with van der Waals surface area (Å²) in [6.07, 6.45) is 1.70. The highest BCUT2D eigenvalue weighted by Crippen LogP contribution is 2.40. The van der Waals surface area contributed by atoms with Gasteiger partial charge in [0, 0.05) is 5.92 Å². The normalized spacial score (nSPS) is 12.8. The Morgan fingerprint density at radius 2 is 0.889 bits per heavy atom. The van der Waals surface area contributed by atoms with Crippen molar-refractivity contribution in [1.82, 2.24) is 0 Å². The summed E-state index contributed by atoms with van der Waals surface area (Å²) in [6, 6.07) is 17.9. The second-order valence-corrected chi connectivity index (χ2v) is 13.2. The van der Waals surface area contributed by atoms with Crippen LogP contribution in [0.2, 0.25) is 0 Å². The first kappa shape index (κ1) is 27.6. The van der Waals surface area contributed by atoms with E-state index in [1.54, 1.807) is 6.07 Å². The molecule has 0 amide bonds. The summed E-state index contributed by atoms with van der Waals surface area (Å²) in [4.78, 5) is 0. The van der Waals surface area contributed by atoms with Crippen LogP contribution in [-0.4, -0.2) is 15.3 Å². The zero-order valence-electron chi connectivity index (χ0n) is 23.5. The Morgan fingerprint density at radius 1 is 0.528 bits per heavy atom. The van der Waals surface area contributed by atoms with E-state index in [4.69, 9.17) is 0 Å². The van der Waals surface area contributed by atoms with E-state index < -0.39 is 0 Å². The summed E-state index contributed by atoms with van der Waals surface area (Å²) in [5, 5.41) is 31.6. The average Bonchev–Trinajstić information content (AvgIpc) is 2.74. The van der Waals surface area contributed by atoms with Crippen molar-refractivity contribution in [2.75, 3.05) is 0 Å². The Hall–Kier alpha value is -2.94. The quantitative estimate of drug-likeness (QED) is 0.337. The van der Waals surface area contributed by atoms with Gasteiger partial charge in [-0.1, -0.05) is 98.7 Å². The smallest absolute Gasteiger partial charge is 0.119 e. The highest BCUT2D eigenvalue weighted by atomic mass is 16.3. The van der Waals surface area contributed by atoms with Crippen molar-refractivity contribution in [1.29, 1.82) is 0 Å². The van der Waals surface area contributed by atoms with Gasteiger partial charge in [0.25, 0.3) is 0 Å². The van der Waals surface area contributed by atoms with E-state index in [9.17, 15) is 15.3 Å². The molecule has 0 atom stereocenters. The fourth-order valence-electron chi connectivity index (χ4n) is 4.92. The van der Waals surface area contributed by atoms with Crippen LogP contribution in [0.4, 0.5) is 0 Å². The van der Waals surface area contributed by atoms with Crippen LogP contribution in [0.1, 0.15) is 108 Å². The maximum Gasteiger partial charge on any atom is 0.119 e. The number of phenols is 3. The lowest BCUT2D eigenvalue weighted by atomic mass is 9.78. The van der Waals surface area contributed by atoms with E-state index >= 15 is 0 Å². The molecule has 3 aromatic rings. The van der Waals surface area contributed by atoms with Crippen molar-refractivity contribution in [2.45, 2.75) is 97.3 Å². The molecular formula is C33H44O3. The largest absolute Gasteiger partial charge is 0.508 e. The zero-order chi connectivity index (χ0) is 27.1. The molecule has 3 rings (SSSR count). The second kappa shape index (κ2) is 9.84. The Bertz CT molecular complexity index is 1150. The maximum absolute atomic E-state index is 10.6. The first-order valence-electron chi connectivity index (χ1n) is 13.0. The standard InChI is InChI=1S/C33H44O3/c1-31(2,3)25-18-21(11-15-28(25)34)10-14-24(22-12-16-29(35)26(19-22)32(4,5)6)23-13-17-30(36)27(20-23)33(7,8)9/h11-13,15-20,24,34-36H,10,14H2,1-9H3. The SMILES string of the molecule is CC(C)(C)c1cc(CCC(c2ccc(O)c(C(C)(C)C)c2)c2ccc(O)c(C(C)(C)C)c2)ccc1O. The third-order valence-corrected chi connectivity index (χ3v) is 7.05. The third kappa shape index (κ3) is 6.24. The van der Waals surface area contributed by atoms with Gasteiger partial charge in [0.05, 0.1) is 0 Å². The summed E-state index contributed by atoms with van der Waals surface area (Å²) in [5.41, 5.74) is 5.79. The molecule has 0 fully saturated rings. The van der Waals surface area contributed by atoms with E-state index in [2.05, 4.69) is 80.5 Å². The Kier molecular flexibility index (Phi) is 7.56. The van der Waals surface area contributed by atoms with Crippen molar-refractivity contribution in [3.05, 3.63) is 88.0 Å². The minimum Gasteiger partial charge on any atom is -0.508 e. The molecule has 0 radical (unpaired) electrons. The summed E-state index contributed by atoms with van der Waals surface area (Å²) in [6.45, 7) is 19.0. The highest BCUT2D eigenvalue weighted by molar-refractivity contribution is 5.48. The Morgan fingerprint density at radius 3 is 1.28 bits per heavy atom. The van der Waals surface area contributed by atoms with Crippen LogP contribution < -0.4 is 0 Å². The first-order valence-corrected chi connectivity index (χ1v) is 13.0. The van der Waals surface area contributed by atoms with E-state index in [0.717, 1.165) is 40.7 Å². The topological polar surface area (TPSA) is 60.7 Å². The van der Waals surface area contributed by atoms with Crippen LogP contribution in [-0.2, 0) is 22.7 Å². The van der Waals surface area contributed by atoms with Crippen LogP contribution in [0.5, 0.6) is 17.2 Å². The van der Waals surface area contributed by atoms with Crippen molar-refractivity contribution in [3.63, 3.8) is 0 Å². The summed E-state index contributed by atoms with van der Waals surface area (Å²) in [5.74, 6) is 1.06. The van der Waals surface area contributed by atoms with Crippen molar-refractivity contribution in [3.8, 4) is 17.2 Å². The first-order chi connectivity index (χ1) is 16.5. The van der Waals surface area contributed by atoms with Crippen molar-refractivity contribution in [2.24, 2.45) is 0 Å². The fourth-order valence-corrected chi connectivity index (χ4v) is 4.92. The van der Waals surface area contributed by atoms with Gasteiger partial charge < -0.3 is 15.3 Å². The van der Waals surface area contributed by atoms with Gasteiger partial charge >= 0.3 is 0 Å². The highest BCUT2D eigenvalue weighted by Gasteiger charge is 2.25. The minimum absolute atomic E-state index is 0.0836. The van der Waals surface area contributed by atoms with Gasteiger partial charge in [0.2, 0.25) is 0 Å². The lowest BCUT2D eigenvalue weighted by Crippen LogP contribution is -2.15. The van der Waals surface area contributed by atoms with Crippen LogP contribution in [0.25, 0.3) is 0 Å². The van der Waals surface area contributed by atoms with Gasteiger partial charge in [-0.2, -0.15) is 0 Å². The van der Waals surface area contributed by atoms with Crippen LogP contribution >= 0.6 is 0 Å². The summed E-state index contributed by atoms with van der Waals surface area (Å²) in [7, 11) is 0. The van der Waals surface area contributed by atoms with E-state index in [1.807, 2.05) is 30.3 Å². The monoisotopic (exact) mass is 488 g/mol. The molecule has 194 valence electrons. The van der Waals surface area contributed by atoms with Gasteiger partial charge in [-0.3, -0.25) is 0 Å². The number of benzene rings is 3. The van der Waals surface area contributed by atoms with E-state index in [0.29, 0.717) is 17.2 Å². The number of aryl methyl sites for hydroxylation is 1. The van der Waals surface area contributed by atoms with Gasteiger partial charge in [-0.15, -0.1) is 0 Å². The average molecular weight is 489 g/mol. The predicted octanol–water partition coefficient (Wildman–Crippen LogP) is 8.46. The molecular weight excluding hydrogens is 444 g/mol. The van der Waals surface area contributed by atoms with Crippen LogP contribution in [0.3, 0.4) is 0 Å². The molecule has 0 aliphatic carbocycles. The van der Waals surface area contributed by atoms with Gasteiger partial charge in [0.1, 0.15) is 17.2 Å². The summed E-state index contributed by atoms with van der Waals surface area (Å²) < 4.78 is 0. The molecule has 0 spiro atoms. The van der Waals surface area contributed by atoms with E-state index in [-0.39, 0.29) is 22.2 Å². The molecule has 3 heteroatoms. The Labute approximate surface area is 217 Å². The second-order valence-electron chi connectivity index (χ2n) is 13.2. The number of rotatable bonds is 5. The molecule has 0 aromatic heterocycles. The van der Waals surface area contributed by atoms with Gasteiger partial charge in [-0.05, 0) is 80.7 Å². The molecule has 0 aliphatic rings. The third-order valence-electron chi connectivity index (χ3n) is 7.05. The number of phenolic OH excluding ortho intramolecular Hbond substituents is 3. The Balaban J connectivity index is 2.09. The molecule has 0 bridgehead atoms. The molecule has 3 N–H and O–H groups in total. The number of aromatic hydroxyl groups is 3. The van der Waals surface area contributed by atoms with Crippen molar-refractivity contribution < 1.29 is 15.3 Å². The molecule has 0 unspecified atom stereocenters. The lowest BCUT2D eigenvalue weighted by molar-refractivity contribution is 0.445. The molecule has 0 saturated carbocycles. The number of hydrogen-bond acceptors (Lipinski definition) is 3. The minimum atomic E-state index is -0.186. The number of hydrogen-bond donors (Lipinski definition) is 3. The maximum atomic E-state index is 10.6. The fraction of sp³-hybridized carbons (Fsp3) is 0.455. The molecule has 3 nitrogen and oxygen atoms in total. The molecule has 3 aromatic carbocycles. The van der Waals surface area contributed by atoms with Gasteiger partial charge in [0.15, 0.2) is 0 Å². The van der Waals surface area contributed by atoms with Gasteiger partial charge in [-0.25, -0.2) is 0 Å². The summed E-state index contributed by atoms with van der Waals surface area (Å²) >= 11 is 0. The molecule has 0 aliphatic heterocycles. The predicted molar refractivity (Wildman–Crippen MR) is 151 cm³/mol. The molecule has 0 saturated heterocycles. The lowest BCUT2D eigenvalue weighted by Gasteiger charge is -2.27. The van der Waals surface area contributed by atoms with Crippen LogP contribution in [0, 0.1) is 0 Å².